The van der Waals surface area contributed by atoms with Crippen molar-refractivity contribution in [1.29, 1.82) is 0 Å². The topological polar surface area (TPSA) is 64.6 Å². The fourth-order valence-corrected chi connectivity index (χ4v) is 3.11. The molecule has 134 valence electrons. The highest BCUT2D eigenvalue weighted by Crippen LogP contribution is 2.29. The van der Waals surface area contributed by atoms with E-state index in [0.717, 1.165) is 15.5 Å². The molecule has 1 aliphatic rings. The van der Waals surface area contributed by atoms with Crippen molar-refractivity contribution in [1.82, 2.24) is 0 Å². The normalized spacial score (nSPS) is 15.9. The number of hydrogen-bond acceptors (Lipinski definition) is 6. The molecular weight excluding hydrogens is 350 g/mol. The van der Waals surface area contributed by atoms with Gasteiger partial charge in [0.25, 0.3) is 5.79 Å². The largest absolute Gasteiger partial charge is 0.419 e. The molecule has 0 bridgehead atoms. The number of aryl methyl sites for hydroxylation is 1. The molecular formula is C20H19NO4S. The van der Waals surface area contributed by atoms with E-state index in [0.29, 0.717) is 0 Å². The molecule has 6 heteroatoms. The lowest BCUT2D eigenvalue weighted by molar-refractivity contribution is -0.222. The van der Waals surface area contributed by atoms with E-state index in [1.807, 2.05) is 24.3 Å². The molecule has 0 radical (unpaired) electrons. The fourth-order valence-electron chi connectivity index (χ4n) is 2.30. The molecule has 0 spiro atoms. The summed E-state index contributed by atoms with van der Waals surface area (Å²) in [6.07, 6.45) is 1.31. The Bertz CT molecular complexity index is 832. The number of benzene rings is 2. The Morgan fingerprint density at radius 3 is 1.92 bits per heavy atom. The van der Waals surface area contributed by atoms with Crippen molar-refractivity contribution in [2.75, 3.05) is 5.32 Å². The van der Waals surface area contributed by atoms with Gasteiger partial charge in [0.2, 0.25) is 0 Å². The predicted molar refractivity (Wildman–Crippen MR) is 99.7 cm³/mol. The van der Waals surface area contributed by atoms with Gasteiger partial charge in [-0.3, -0.25) is 0 Å². The van der Waals surface area contributed by atoms with Crippen LogP contribution >= 0.6 is 11.8 Å². The van der Waals surface area contributed by atoms with Crippen LogP contribution < -0.4 is 5.32 Å². The number of ether oxygens (including phenoxy) is 2. The quantitative estimate of drug-likeness (QED) is 0.493. The number of nitrogens with one attached hydrogen (secondary N) is 1. The molecule has 1 fully saturated rings. The third kappa shape index (κ3) is 4.46. The minimum atomic E-state index is -1.24. The second-order valence-electron chi connectivity index (χ2n) is 6.32. The maximum Gasteiger partial charge on any atom is 0.350 e. The summed E-state index contributed by atoms with van der Waals surface area (Å²) >= 11 is 1.66. The summed E-state index contributed by atoms with van der Waals surface area (Å²) in [4.78, 5) is 26.0. The lowest BCUT2D eigenvalue weighted by atomic mass is 10.2. The van der Waals surface area contributed by atoms with Crippen LogP contribution in [0.25, 0.3) is 0 Å². The van der Waals surface area contributed by atoms with Crippen molar-refractivity contribution < 1.29 is 19.1 Å². The third-order valence-corrected chi connectivity index (χ3v) is 4.63. The van der Waals surface area contributed by atoms with Crippen molar-refractivity contribution >= 4 is 29.4 Å². The maximum absolute atomic E-state index is 11.9. The molecule has 3 rings (SSSR count). The average Bonchev–Trinajstić information content (AvgIpc) is 2.56. The molecule has 0 aliphatic carbocycles. The van der Waals surface area contributed by atoms with Crippen LogP contribution in [0, 0.1) is 6.92 Å². The van der Waals surface area contributed by atoms with Crippen molar-refractivity contribution in [2.24, 2.45) is 0 Å². The molecule has 1 N–H and O–H groups in total. The second kappa shape index (κ2) is 7.25. The van der Waals surface area contributed by atoms with Gasteiger partial charge in [-0.2, -0.15) is 0 Å². The molecule has 0 unspecified atom stereocenters. The van der Waals surface area contributed by atoms with Gasteiger partial charge >= 0.3 is 11.9 Å². The Labute approximate surface area is 156 Å². The number of rotatable bonds is 4. The van der Waals surface area contributed by atoms with Crippen LogP contribution in [0.2, 0.25) is 0 Å². The molecule has 2 aromatic carbocycles. The van der Waals surface area contributed by atoms with E-state index in [1.54, 1.807) is 11.8 Å². The van der Waals surface area contributed by atoms with Crippen molar-refractivity contribution in [3.05, 3.63) is 65.9 Å². The molecule has 2 aromatic rings. The van der Waals surface area contributed by atoms with Gasteiger partial charge in [-0.05, 0) is 43.3 Å². The highest BCUT2D eigenvalue weighted by molar-refractivity contribution is 7.99. The van der Waals surface area contributed by atoms with E-state index in [1.165, 1.54) is 25.6 Å². The van der Waals surface area contributed by atoms with Gasteiger partial charge in [-0.15, -0.1) is 0 Å². The number of esters is 2. The molecule has 0 aromatic heterocycles. The number of carbonyl (C=O) groups excluding carboxylic acids is 2. The zero-order chi connectivity index (χ0) is 18.7. The van der Waals surface area contributed by atoms with Crippen molar-refractivity contribution in [3.8, 4) is 0 Å². The van der Waals surface area contributed by atoms with Crippen LogP contribution in [0.3, 0.4) is 0 Å². The molecule has 0 amide bonds. The molecule has 26 heavy (non-hydrogen) atoms. The Morgan fingerprint density at radius 1 is 0.885 bits per heavy atom. The third-order valence-electron chi connectivity index (χ3n) is 3.61. The minimum absolute atomic E-state index is 0.164. The van der Waals surface area contributed by atoms with Crippen LogP contribution in [0.15, 0.2) is 70.1 Å². The highest BCUT2D eigenvalue weighted by atomic mass is 32.2. The SMILES string of the molecule is Cc1ccc(Sc2ccc(NC=C3C(=O)OC(C)(C)OC3=O)cc2)cc1. The van der Waals surface area contributed by atoms with Gasteiger partial charge in [0.05, 0.1) is 0 Å². The fraction of sp³-hybridized carbons (Fsp3) is 0.200. The molecule has 1 saturated heterocycles. The van der Waals surface area contributed by atoms with Crippen LogP contribution in [-0.4, -0.2) is 17.7 Å². The van der Waals surface area contributed by atoms with Gasteiger partial charge in [0.15, 0.2) is 5.57 Å². The van der Waals surface area contributed by atoms with Gasteiger partial charge < -0.3 is 14.8 Å². The first kappa shape index (κ1) is 18.1. The molecule has 0 atom stereocenters. The summed E-state index contributed by atoms with van der Waals surface area (Å²) in [5, 5.41) is 2.93. The summed E-state index contributed by atoms with van der Waals surface area (Å²) in [5.41, 5.74) is 1.81. The van der Waals surface area contributed by atoms with Crippen molar-refractivity contribution in [3.63, 3.8) is 0 Å². The smallest absolute Gasteiger partial charge is 0.350 e. The number of anilines is 1. The predicted octanol–water partition coefficient (Wildman–Crippen LogP) is 4.28. The average molecular weight is 369 g/mol. The lowest BCUT2D eigenvalue weighted by Gasteiger charge is -2.29. The summed E-state index contributed by atoms with van der Waals surface area (Å²) in [7, 11) is 0. The van der Waals surface area contributed by atoms with E-state index >= 15 is 0 Å². The minimum Gasteiger partial charge on any atom is -0.419 e. The zero-order valence-electron chi connectivity index (χ0n) is 14.7. The molecule has 1 heterocycles. The van der Waals surface area contributed by atoms with Crippen LogP contribution in [0.4, 0.5) is 5.69 Å². The summed E-state index contributed by atoms with van der Waals surface area (Å²) in [5.74, 6) is -2.64. The van der Waals surface area contributed by atoms with Gasteiger partial charge in [-0.25, -0.2) is 9.59 Å². The number of carbonyl (C=O) groups is 2. The van der Waals surface area contributed by atoms with Gasteiger partial charge in [0.1, 0.15) is 0 Å². The second-order valence-corrected chi connectivity index (χ2v) is 7.47. The van der Waals surface area contributed by atoms with Crippen LogP contribution in [0.1, 0.15) is 19.4 Å². The number of cyclic esters (lactones) is 2. The Kier molecular flexibility index (Phi) is 5.04. The molecule has 1 aliphatic heterocycles. The van der Waals surface area contributed by atoms with E-state index in [4.69, 9.17) is 9.47 Å². The van der Waals surface area contributed by atoms with Gasteiger partial charge in [-0.1, -0.05) is 29.5 Å². The first-order chi connectivity index (χ1) is 12.3. The van der Waals surface area contributed by atoms with E-state index in [9.17, 15) is 9.59 Å². The van der Waals surface area contributed by atoms with Crippen molar-refractivity contribution in [2.45, 2.75) is 36.3 Å². The Balaban J connectivity index is 1.65. The molecule has 0 saturated carbocycles. The Morgan fingerprint density at radius 2 is 1.38 bits per heavy atom. The van der Waals surface area contributed by atoms with Crippen LogP contribution in [0.5, 0.6) is 0 Å². The van der Waals surface area contributed by atoms with E-state index in [-0.39, 0.29) is 5.57 Å². The first-order valence-corrected chi connectivity index (χ1v) is 8.92. The Hall–Kier alpha value is -2.73. The summed E-state index contributed by atoms with van der Waals surface area (Å²) in [6.45, 7) is 5.08. The molecule has 5 nitrogen and oxygen atoms in total. The standard InChI is InChI=1S/C20H19NO4S/c1-13-4-8-15(9-5-13)26-16-10-6-14(7-11-16)21-12-17-18(22)24-20(2,3)25-19(17)23/h4-12,21H,1-3H3. The van der Waals surface area contributed by atoms with Gasteiger partial charge in [0, 0.05) is 35.5 Å². The first-order valence-electron chi connectivity index (χ1n) is 8.10. The zero-order valence-corrected chi connectivity index (χ0v) is 15.6. The van der Waals surface area contributed by atoms with E-state index in [2.05, 4.69) is 36.5 Å². The monoisotopic (exact) mass is 369 g/mol. The lowest BCUT2D eigenvalue weighted by Crippen LogP contribution is -2.42. The maximum atomic E-state index is 11.9. The van der Waals surface area contributed by atoms with E-state index < -0.39 is 17.7 Å². The number of hydrogen-bond donors (Lipinski definition) is 1. The summed E-state index contributed by atoms with van der Waals surface area (Å²) in [6, 6.07) is 16.0. The van der Waals surface area contributed by atoms with Crippen LogP contribution in [-0.2, 0) is 19.1 Å². The highest BCUT2D eigenvalue weighted by Gasteiger charge is 2.38. The summed E-state index contributed by atoms with van der Waals surface area (Å²) < 4.78 is 10.1.